The molecule has 0 radical (unpaired) electrons. The summed E-state index contributed by atoms with van der Waals surface area (Å²) in [6.07, 6.45) is 17.8. The molecule has 0 aromatic heterocycles. The van der Waals surface area contributed by atoms with Crippen LogP contribution in [0.4, 0.5) is 0 Å². The van der Waals surface area contributed by atoms with E-state index in [2.05, 4.69) is 166 Å². The van der Waals surface area contributed by atoms with Crippen molar-refractivity contribution in [1.29, 1.82) is 0 Å². The van der Waals surface area contributed by atoms with Gasteiger partial charge in [0.1, 0.15) is 0 Å². The molecular formula is C44H90N8. The fourth-order valence-corrected chi connectivity index (χ4v) is 11.4. The van der Waals surface area contributed by atoms with Crippen molar-refractivity contribution in [3.05, 3.63) is 12.3 Å². The summed E-state index contributed by atoms with van der Waals surface area (Å²) < 4.78 is 0. The van der Waals surface area contributed by atoms with Gasteiger partial charge in [0.05, 0.1) is 0 Å². The monoisotopic (exact) mass is 731 g/mol. The summed E-state index contributed by atoms with van der Waals surface area (Å²) in [6.45, 7) is 40.3. The van der Waals surface area contributed by atoms with Crippen LogP contribution in [-0.2, 0) is 0 Å². The smallest absolute Gasteiger partial charge is 0.0290 e. The van der Waals surface area contributed by atoms with E-state index in [-0.39, 0.29) is 44.3 Å². The summed E-state index contributed by atoms with van der Waals surface area (Å²) in [5.74, 6) is 0. The molecule has 0 aromatic rings. The van der Waals surface area contributed by atoms with Crippen LogP contribution >= 0.6 is 0 Å². The second kappa shape index (κ2) is 17.6. The van der Waals surface area contributed by atoms with Crippen molar-refractivity contribution in [2.45, 2.75) is 250 Å². The van der Waals surface area contributed by atoms with Crippen molar-refractivity contribution in [1.82, 2.24) is 42.5 Å². The van der Waals surface area contributed by atoms with Crippen LogP contribution in [0.15, 0.2) is 12.3 Å². The van der Waals surface area contributed by atoms with Gasteiger partial charge in [0.15, 0.2) is 0 Å². The lowest BCUT2D eigenvalue weighted by Crippen LogP contribution is -2.63. The molecule has 0 amide bonds. The number of allylic oxidation sites excluding steroid dienone is 1. The molecule has 4 heterocycles. The van der Waals surface area contributed by atoms with E-state index in [1.165, 1.54) is 64.2 Å². The third-order valence-electron chi connectivity index (χ3n) is 11.4. The molecule has 4 aliphatic heterocycles. The summed E-state index contributed by atoms with van der Waals surface area (Å²) in [5.41, 5.74) is 1.74. The number of hydrogen-bond donors (Lipinski definition) is 8. The molecule has 8 nitrogen and oxygen atoms in total. The zero-order valence-electron chi connectivity index (χ0n) is 37.4. The standard InChI is InChI=1S/C24H48N4.C20H42N4/c1-21(2)15-19(16-22(3,4)27-21)25-13-11-9-10-12-14-26-20-17-23(5,6)28-24(7,8)18-20;1-17(2)11-15(12-18(3,4)23-17)21-9-10-22-16-13-19(5,6)24-20(7,8)14-16/h11,13,19-20,25-28H,9-10,12,14-18H2,1-8H3;15-16,21-24H,9-14H2,1-8H3. The van der Waals surface area contributed by atoms with E-state index in [0.717, 1.165) is 26.1 Å². The van der Waals surface area contributed by atoms with E-state index in [9.17, 15) is 0 Å². The van der Waals surface area contributed by atoms with Gasteiger partial charge in [-0.15, -0.1) is 0 Å². The Kier molecular flexibility index (Phi) is 15.4. The van der Waals surface area contributed by atoms with Crippen LogP contribution in [0, 0.1) is 0 Å². The maximum atomic E-state index is 3.81. The minimum absolute atomic E-state index is 0.205. The highest BCUT2D eigenvalue weighted by Gasteiger charge is 2.40. The topological polar surface area (TPSA) is 96.2 Å². The summed E-state index contributed by atoms with van der Waals surface area (Å²) in [6, 6.07) is 2.42. The van der Waals surface area contributed by atoms with Gasteiger partial charge in [-0.05, 0) is 194 Å². The summed E-state index contributed by atoms with van der Waals surface area (Å²) in [7, 11) is 0. The van der Waals surface area contributed by atoms with E-state index in [4.69, 9.17) is 0 Å². The Labute approximate surface area is 323 Å². The second-order valence-electron chi connectivity index (χ2n) is 22.9. The number of rotatable bonds is 13. The maximum absolute atomic E-state index is 3.81. The lowest BCUT2D eigenvalue weighted by molar-refractivity contribution is 0.139. The van der Waals surface area contributed by atoms with Crippen molar-refractivity contribution in [3.63, 3.8) is 0 Å². The summed E-state index contributed by atoms with van der Waals surface area (Å²) in [4.78, 5) is 0. The van der Waals surface area contributed by atoms with E-state index in [1.54, 1.807) is 0 Å². The molecule has 306 valence electrons. The molecule has 0 atom stereocenters. The highest BCUT2D eigenvalue weighted by molar-refractivity contribution is 5.03. The molecule has 4 fully saturated rings. The van der Waals surface area contributed by atoms with E-state index in [0.29, 0.717) is 24.2 Å². The van der Waals surface area contributed by atoms with Gasteiger partial charge < -0.3 is 42.5 Å². The Morgan fingerprint density at radius 2 is 0.654 bits per heavy atom. The lowest BCUT2D eigenvalue weighted by atomic mass is 9.79. The van der Waals surface area contributed by atoms with E-state index >= 15 is 0 Å². The Bertz CT molecular complexity index is 1010. The molecule has 4 saturated heterocycles. The molecule has 0 aliphatic carbocycles. The highest BCUT2D eigenvalue weighted by atomic mass is 15.1. The first-order valence-corrected chi connectivity index (χ1v) is 21.3. The van der Waals surface area contributed by atoms with E-state index in [1.807, 2.05) is 0 Å². The van der Waals surface area contributed by atoms with Gasteiger partial charge in [0, 0.05) is 81.6 Å². The quantitative estimate of drug-likeness (QED) is 0.0940. The van der Waals surface area contributed by atoms with Gasteiger partial charge in [0.2, 0.25) is 0 Å². The van der Waals surface area contributed by atoms with Crippen molar-refractivity contribution in [2.24, 2.45) is 0 Å². The van der Waals surface area contributed by atoms with Crippen LogP contribution in [0.1, 0.15) is 181 Å². The predicted octanol–water partition coefficient (Wildman–Crippen LogP) is 7.25. The van der Waals surface area contributed by atoms with Crippen LogP contribution in [-0.4, -0.2) is 88.1 Å². The molecule has 52 heavy (non-hydrogen) atoms. The Morgan fingerprint density at radius 3 is 0.962 bits per heavy atom. The normalized spacial score (nSPS) is 28.2. The Hall–Kier alpha value is -0.740. The first-order valence-electron chi connectivity index (χ1n) is 21.3. The molecule has 4 rings (SSSR count). The first-order chi connectivity index (χ1) is 23.6. The molecular weight excluding hydrogens is 641 g/mol. The van der Waals surface area contributed by atoms with Crippen LogP contribution < -0.4 is 42.5 Å². The zero-order chi connectivity index (χ0) is 39.3. The van der Waals surface area contributed by atoms with Gasteiger partial charge in [-0.1, -0.05) is 6.08 Å². The minimum atomic E-state index is 0.205. The van der Waals surface area contributed by atoms with Gasteiger partial charge >= 0.3 is 0 Å². The SMILES string of the molecule is CC1(C)CC(NC=CCCCCNC2CC(C)(C)NC(C)(C)C2)CC(C)(C)N1.CC1(C)CC(NCCNC2CC(C)(C)NC(C)(C)C2)CC(C)(C)N1. The molecule has 0 aromatic carbocycles. The molecule has 0 unspecified atom stereocenters. The molecule has 8 N–H and O–H groups in total. The van der Waals surface area contributed by atoms with Crippen LogP contribution in [0.2, 0.25) is 0 Å². The average molecular weight is 731 g/mol. The number of hydrogen-bond acceptors (Lipinski definition) is 8. The number of nitrogens with one attached hydrogen (secondary N) is 8. The molecule has 0 saturated carbocycles. The fraction of sp³-hybridized carbons (Fsp3) is 0.955. The third-order valence-corrected chi connectivity index (χ3v) is 11.4. The van der Waals surface area contributed by atoms with Crippen molar-refractivity contribution < 1.29 is 0 Å². The van der Waals surface area contributed by atoms with Gasteiger partial charge in [0.25, 0.3) is 0 Å². The number of piperidine rings is 4. The van der Waals surface area contributed by atoms with Crippen LogP contribution in [0.3, 0.4) is 0 Å². The average Bonchev–Trinajstić information content (AvgIpc) is 2.86. The van der Waals surface area contributed by atoms with Crippen LogP contribution in [0.25, 0.3) is 0 Å². The van der Waals surface area contributed by atoms with E-state index < -0.39 is 0 Å². The molecule has 4 aliphatic rings. The maximum Gasteiger partial charge on any atom is 0.0290 e. The largest absolute Gasteiger partial charge is 0.388 e. The molecule has 0 spiro atoms. The zero-order valence-corrected chi connectivity index (χ0v) is 37.4. The second-order valence-corrected chi connectivity index (χ2v) is 22.9. The van der Waals surface area contributed by atoms with Gasteiger partial charge in [-0.25, -0.2) is 0 Å². The number of unbranched alkanes of at least 4 members (excludes halogenated alkanes) is 2. The van der Waals surface area contributed by atoms with Gasteiger partial charge in [-0.2, -0.15) is 0 Å². The Morgan fingerprint density at radius 1 is 0.385 bits per heavy atom. The predicted molar refractivity (Wildman–Crippen MR) is 227 cm³/mol. The minimum Gasteiger partial charge on any atom is -0.388 e. The third kappa shape index (κ3) is 17.4. The molecule has 0 bridgehead atoms. The fourth-order valence-electron chi connectivity index (χ4n) is 11.4. The first kappa shape index (κ1) is 45.6. The van der Waals surface area contributed by atoms with Crippen molar-refractivity contribution >= 4 is 0 Å². The van der Waals surface area contributed by atoms with Crippen molar-refractivity contribution in [3.8, 4) is 0 Å². The molecule has 8 heteroatoms. The summed E-state index contributed by atoms with van der Waals surface area (Å²) >= 11 is 0. The summed E-state index contributed by atoms with van der Waals surface area (Å²) in [5, 5.41) is 30.1. The van der Waals surface area contributed by atoms with Crippen LogP contribution in [0.5, 0.6) is 0 Å². The lowest BCUT2D eigenvalue weighted by Gasteiger charge is -2.47. The van der Waals surface area contributed by atoms with Gasteiger partial charge in [-0.3, -0.25) is 0 Å². The Balaban J connectivity index is 0.000000284. The van der Waals surface area contributed by atoms with Crippen molar-refractivity contribution in [2.75, 3.05) is 19.6 Å². The highest BCUT2D eigenvalue weighted by Crippen LogP contribution is 2.31.